The summed E-state index contributed by atoms with van der Waals surface area (Å²) in [5.41, 5.74) is 0.960. The van der Waals surface area contributed by atoms with Crippen molar-refractivity contribution in [3.63, 3.8) is 0 Å². The highest BCUT2D eigenvalue weighted by Gasteiger charge is 2.12. The van der Waals surface area contributed by atoms with Crippen molar-refractivity contribution in [2.75, 3.05) is 6.61 Å². The highest BCUT2D eigenvalue weighted by Crippen LogP contribution is 2.29. The van der Waals surface area contributed by atoms with Crippen molar-refractivity contribution in [1.82, 2.24) is 0 Å². The van der Waals surface area contributed by atoms with E-state index < -0.39 is 11.9 Å². The highest BCUT2D eigenvalue weighted by atomic mass is 16.5. The van der Waals surface area contributed by atoms with Crippen molar-refractivity contribution in [3.8, 4) is 12.3 Å². The number of hydrogen-bond acceptors (Lipinski definition) is 4. The Morgan fingerprint density at radius 3 is 1.96 bits per heavy atom. The van der Waals surface area contributed by atoms with Gasteiger partial charge in [-0.2, -0.15) is 0 Å². The quantitative estimate of drug-likeness (QED) is 0.385. The molecule has 4 nitrogen and oxygen atoms in total. The summed E-state index contributed by atoms with van der Waals surface area (Å²) in [5, 5.41) is 4.28. The molecular weight excluding hydrogens is 328 g/mol. The molecule has 0 fully saturated rings. The van der Waals surface area contributed by atoms with Crippen LogP contribution in [0.1, 0.15) is 18.4 Å². The second kappa shape index (κ2) is 8.17. The van der Waals surface area contributed by atoms with Gasteiger partial charge in [0, 0.05) is 5.56 Å². The molecule has 0 amide bonds. The third-order valence-electron chi connectivity index (χ3n) is 4.11. The fourth-order valence-electron chi connectivity index (χ4n) is 2.89. The van der Waals surface area contributed by atoms with Crippen LogP contribution in [0, 0.1) is 12.3 Å². The van der Waals surface area contributed by atoms with Gasteiger partial charge in [-0.1, -0.05) is 54.5 Å². The normalized spacial score (nSPS) is 10.4. The first-order valence-electron chi connectivity index (χ1n) is 8.33. The van der Waals surface area contributed by atoms with E-state index in [0.29, 0.717) is 0 Å². The van der Waals surface area contributed by atoms with Gasteiger partial charge in [-0.25, -0.2) is 0 Å². The summed E-state index contributed by atoms with van der Waals surface area (Å²) < 4.78 is 10.1. The largest absolute Gasteiger partial charge is 0.461 e. The second-order valence-corrected chi connectivity index (χ2v) is 5.82. The van der Waals surface area contributed by atoms with Crippen LogP contribution in [-0.4, -0.2) is 18.5 Å². The highest BCUT2D eigenvalue weighted by molar-refractivity contribution is 6.02. The maximum absolute atomic E-state index is 12.0. The molecule has 0 saturated heterocycles. The van der Waals surface area contributed by atoms with E-state index >= 15 is 0 Å². The van der Waals surface area contributed by atoms with Gasteiger partial charge in [0.2, 0.25) is 0 Å². The number of fused-ring (bicyclic) bond motifs is 2. The molecule has 0 bridgehead atoms. The van der Waals surface area contributed by atoms with E-state index in [9.17, 15) is 9.59 Å². The summed E-state index contributed by atoms with van der Waals surface area (Å²) >= 11 is 0. The molecule has 130 valence electrons. The standard InChI is InChI=1S/C22H18O4/c1-2-13-25-21(23)11-12-22(24)26-15-20-18-9-5-3-7-16(18)14-17-8-4-6-10-19(17)20/h1,3-10,14H,11-13,15H2. The second-order valence-electron chi connectivity index (χ2n) is 5.82. The maximum Gasteiger partial charge on any atom is 0.307 e. The number of carbonyl (C=O) groups excluding carboxylic acids is 2. The Hall–Kier alpha value is -3.32. The van der Waals surface area contributed by atoms with Crippen LogP contribution < -0.4 is 0 Å². The number of terminal acetylenes is 1. The van der Waals surface area contributed by atoms with E-state index in [1.165, 1.54) is 0 Å². The van der Waals surface area contributed by atoms with Gasteiger partial charge >= 0.3 is 11.9 Å². The molecule has 0 atom stereocenters. The third-order valence-corrected chi connectivity index (χ3v) is 4.11. The van der Waals surface area contributed by atoms with Gasteiger partial charge < -0.3 is 9.47 Å². The Morgan fingerprint density at radius 2 is 1.38 bits per heavy atom. The topological polar surface area (TPSA) is 52.6 Å². The first-order valence-corrected chi connectivity index (χ1v) is 8.33. The summed E-state index contributed by atoms with van der Waals surface area (Å²) in [6, 6.07) is 18.1. The van der Waals surface area contributed by atoms with Crippen LogP contribution in [0.5, 0.6) is 0 Å². The van der Waals surface area contributed by atoms with Crippen molar-refractivity contribution >= 4 is 33.5 Å². The van der Waals surface area contributed by atoms with Gasteiger partial charge in [0.05, 0.1) is 12.8 Å². The molecule has 3 rings (SSSR count). The summed E-state index contributed by atoms with van der Waals surface area (Å²) in [4.78, 5) is 23.4. The van der Waals surface area contributed by atoms with Crippen molar-refractivity contribution in [3.05, 3.63) is 60.2 Å². The number of esters is 2. The van der Waals surface area contributed by atoms with Crippen LogP contribution in [0.15, 0.2) is 54.6 Å². The van der Waals surface area contributed by atoms with Crippen molar-refractivity contribution < 1.29 is 19.1 Å². The van der Waals surface area contributed by atoms with Crippen LogP contribution in [-0.2, 0) is 25.7 Å². The molecule has 0 saturated carbocycles. The zero-order valence-electron chi connectivity index (χ0n) is 14.2. The maximum atomic E-state index is 12.0. The van der Waals surface area contributed by atoms with E-state index in [-0.39, 0.29) is 26.1 Å². The van der Waals surface area contributed by atoms with Crippen molar-refractivity contribution in [1.29, 1.82) is 0 Å². The Kier molecular flexibility index (Phi) is 5.50. The molecule has 3 aromatic carbocycles. The fraction of sp³-hybridized carbons (Fsp3) is 0.182. The number of ether oxygens (including phenoxy) is 2. The van der Waals surface area contributed by atoms with Gasteiger partial charge in [0.25, 0.3) is 0 Å². The summed E-state index contributed by atoms with van der Waals surface area (Å²) in [6.07, 6.45) is 4.94. The van der Waals surface area contributed by atoms with Gasteiger partial charge in [-0.3, -0.25) is 9.59 Å². The predicted molar refractivity (Wildman–Crippen MR) is 100 cm³/mol. The molecule has 0 aliphatic heterocycles. The minimum atomic E-state index is -0.504. The minimum Gasteiger partial charge on any atom is -0.461 e. The van der Waals surface area contributed by atoms with E-state index in [4.69, 9.17) is 15.9 Å². The summed E-state index contributed by atoms with van der Waals surface area (Å²) in [6.45, 7) is 0.0655. The molecule has 26 heavy (non-hydrogen) atoms. The summed E-state index contributed by atoms with van der Waals surface area (Å²) in [5.74, 6) is 1.26. The first kappa shape index (κ1) is 17.5. The van der Waals surface area contributed by atoms with E-state index in [0.717, 1.165) is 27.1 Å². The Balaban J connectivity index is 1.74. The molecule has 0 aliphatic carbocycles. The third kappa shape index (κ3) is 4.01. The smallest absolute Gasteiger partial charge is 0.307 e. The van der Waals surface area contributed by atoms with Gasteiger partial charge in [0.15, 0.2) is 6.61 Å². The van der Waals surface area contributed by atoms with E-state index in [1.54, 1.807) is 0 Å². The lowest BCUT2D eigenvalue weighted by atomic mass is 9.97. The van der Waals surface area contributed by atoms with Crippen LogP contribution >= 0.6 is 0 Å². The van der Waals surface area contributed by atoms with Crippen molar-refractivity contribution in [2.45, 2.75) is 19.4 Å². The molecule has 0 spiro atoms. The van der Waals surface area contributed by atoms with Gasteiger partial charge in [-0.05, 0) is 27.6 Å². The number of rotatable bonds is 6. The Bertz CT molecular complexity index is 944. The first-order chi connectivity index (χ1) is 12.7. The fourth-order valence-corrected chi connectivity index (χ4v) is 2.89. The van der Waals surface area contributed by atoms with Crippen LogP contribution in [0.2, 0.25) is 0 Å². The molecule has 0 unspecified atom stereocenters. The van der Waals surface area contributed by atoms with Crippen LogP contribution in [0.25, 0.3) is 21.5 Å². The molecule has 4 heteroatoms. The lowest BCUT2D eigenvalue weighted by Crippen LogP contribution is -2.10. The zero-order chi connectivity index (χ0) is 18.4. The lowest BCUT2D eigenvalue weighted by molar-refractivity contribution is -0.150. The SMILES string of the molecule is C#CCOC(=O)CCC(=O)OCc1c2ccccc2cc2ccccc12. The number of hydrogen-bond donors (Lipinski definition) is 0. The Labute approximate surface area is 151 Å². The Morgan fingerprint density at radius 1 is 0.846 bits per heavy atom. The molecule has 0 heterocycles. The molecule has 0 radical (unpaired) electrons. The predicted octanol–water partition coefficient (Wildman–Crippen LogP) is 3.99. The van der Waals surface area contributed by atoms with E-state index in [2.05, 4.69) is 12.0 Å². The minimum absolute atomic E-state index is 0.0356. The number of carbonyl (C=O) groups is 2. The lowest BCUT2D eigenvalue weighted by Gasteiger charge is -2.12. The summed E-state index contributed by atoms with van der Waals surface area (Å²) in [7, 11) is 0. The van der Waals surface area contributed by atoms with Crippen LogP contribution in [0.4, 0.5) is 0 Å². The van der Waals surface area contributed by atoms with Crippen molar-refractivity contribution in [2.24, 2.45) is 0 Å². The molecular formula is C22H18O4. The molecule has 3 aromatic rings. The zero-order valence-corrected chi connectivity index (χ0v) is 14.2. The van der Waals surface area contributed by atoms with Gasteiger partial charge in [-0.15, -0.1) is 6.42 Å². The number of benzene rings is 3. The molecule has 0 N–H and O–H groups in total. The van der Waals surface area contributed by atoms with Gasteiger partial charge in [0.1, 0.15) is 6.61 Å². The van der Waals surface area contributed by atoms with E-state index in [1.807, 2.05) is 48.5 Å². The molecule has 0 aliphatic rings. The average molecular weight is 346 g/mol. The monoisotopic (exact) mass is 346 g/mol. The average Bonchev–Trinajstić information content (AvgIpc) is 2.67. The van der Waals surface area contributed by atoms with Crippen LogP contribution in [0.3, 0.4) is 0 Å². The molecule has 0 aromatic heterocycles.